The van der Waals surface area contributed by atoms with Gasteiger partial charge in [-0.2, -0.15) is 0 Å². The van der Waals surface area contributed by atoms with Gasteiger partial charge in [-0.1, -0.05) is 71.6 Å². The molecule has 1 aliphatic carbocycles. The van der Waals surface area contributed by atoms with Crippen LogP contribution in [-0.2, 0) is 0 Å². The van der Waals surface area contributed by atoms with Gasteiger partial charge in [-0.3, -0.25) is 0 Å². The van der Waals surface area contributed by atoms with Gasteiger partial charge in [-0.15, -0.1) is 0 Å². The lowest BCUT2D eigenvalue weighted by Crippen LogP contribution is -2.34. The molecule has 1 heteroatoms. The molecule has 2 atom stereocenters. The van der Waals surface area contributed by atoms with Gasteiger partial charge in [-0.25, -0.2) is 0 Å². The van der Waals surface area contributed by atoms with E-state index in [2.05, 4.69) is 13.8 Å². The first-order chi connectivity index (χ1) is 8.16. The van der Waals surface area contributed by atoms with E-state index in [4.69, 9.17) is 0 Å². The van der Waals surface area contributed by atoms with E-state index in [0.29, 0.717) is 0 Å². The summed E-state index contributed by atoms with van der Waals surface area (Å²) in [4.78, 5) is 0. The van der Waals surface area contributed by atoms with Gasteiger partial charge in [0.25, 0.3) is 0 Å². The molecule has 1 rings (SSSR count). The summed E-state index contributed by atoms with van der Waals surface area (Å²) >= 11 is 0. The van der Waals surface area contributed by atoms with Crippen molar-refractivity contribution in [2.45, 2.75) is 96.5 Å². The third kappa shape index (κ3) is 6.45. The van der Waals surface area contributed by atoms with Gasteiger partial charge >= 0.3 is 0 Å². The highest BCUT2D eigenvalue weighted by molar-refractivity contribution is 4.84. The number of aliphatic hydroxyl groups is 1. The molecule has 0 aromatic carbocycles. The second-order valence-electron chi connectivity index (χ2n) is 6.30. The minimum absolute atomic E-state index is 0.304. The Morgan fingerprint density at radius 2 is 1.71 bits per heavy atom. The molecule has 0 aromatic heterocycles. The van der Waals surface area contributed by atoms with Gasteiger partial charge in [0.2, 0.25) is 0 Å². The molecule has 1 aliphatic rings. The summed E-state index contributed by atoms with van der Waals surface area (Å²) in [6, 6.07) is 0. The fourth-order valence-electron chi connectivity index (χ4n) is 3.27. The van der Waals surface area contributed by atoms with E-state index in [1.165, 1.54) is 57.8 Å². The van der Waals surface area contributed by atoms with Crippen molar-refractivity contribution in [1.29, 1.82) is 0 Å². The molecule has 1 N–H and O–H groups in total. The van der Waals surface area contributed by atoms with E-state index in [1.54, 1.807) is 0 Å². The molecule has 1 saturated carbocycles. The van der Waals surface area contributed by atoms with Crippen LogP contribution in [0.3, 0.4) is 0 Å². The van der Waals surface area contributed by atoms with Crippen LogP contribution >= 0.6 is 0 Å². The Hall–Kier alpha value is -0.0400. The summed E-state index contributed by atoms with van der Waals surface area (Å²) in [5, 5.41) is 10.5. The van der Waals surface area contributed by atoms with E-state index in [-0.39, 0.29) is 5.60 Å². The minimum Gasteiger partial charge on any atom is -0.390 e. The van der Waals surface area contributed by atoms with Crippen molar-refractivity contribution in [2.75, 3.05) is 0 Å². The largest absolute Gasteiger partial charge is 0.390 e. The summed E-state index contributed by atoms with van der Waals surface area (Å²) < 4.78 is 0. The molecule has 0 saturated heterocycles. The van der Waals surface area contributed by atoms with Crippen molar-refractivity contribution in [1.82, 2.24) is 0 Å². The SMILES string of the molecule is CCCCCCCCCC1(O)CCCC(C)C1. The zero-order valence-corrected chi connectivity index (χ0v) is 12.0. The summed E-state index contributed by atoms with van der Waals surface area (Å²) in [7, 11) is 0. The fraction of sp³-hybridized carbons (Fsp3) is 1.00. The highest BCUT2D eigenvalue weighted by Gasteiger charge is 2.31. The quantitative estimate of drug-likeness (QED) is 0.587. The average molecular weight is 240 g/mol. The van der Waals surface area contributed by atoms with Gasteiger partial charge in [0, 0.05) is 0 Å². The van der Waals surface area contributed by atoms with Crippen LogP contribution in [-0.4, -0.2) is 10.7 Å². The molecule has 0 amide bonds. The van der Waals surface area contributed by atoms with E-state index in [1.807, 2.05) is 0 Å². The van der Waals surface area contributed by atoms with Crippen LogP contribution in [0.4, 0.5) is 0 Å². The van der Waals surface area contributed by atoms with Crippen molar-refractivity contribution < 1.29 is 5.11 Å². The number of rotatable bonds is 8. The summed E-state index contributed by atoms with van der Waals surface area (Å²) in [5.41, 5.74) is -0.304. The minimum atomic E-state index is -0.304. The fourth-order valence-corrected chi connectivity index (χ4v) is 3.27. The Bertz CT molecular complexity index is 190. The number of hydrogen-bond acceptors (Lipinski definition) is 1. The molecule has 1 nitrogen and oxygen atoms in total. The maximum atomic E-state index is 10.5. The maximum absolute atomic E-state index is 10.5. The standard InChI is InChI=1S/C16H32O/c1-3-4-5-6-7-8-9-12-16(17)13-10-11-15(2)14-16/h15,17H,3-14H2,1-2H3. The monoisotopic (exact) mass is 240 g/mol. The molecule has 1 fully saturated rings. The van der Waals surface area contributed by atoms with Crippen LogP contribution in [0.2, 0.25) is 0 Å². The van der Waals surface area contributed by atoms with Gasteiger partial charge in [0.1, 0.15) is 0 Å². The zero-order chi connectivity index (χ0) is 12.6. The lowest BCUT2D eigenvalue weighted by molar-refractivity contribution is -0.0219. The topological polar surface area (TPSA) is 20.2 Å². The number of hydrogen-bond donors (Lipinski definition) is 1. The van der Waals surface area contributed by atoms with Crippen molar-refractivity contribution >= 4 is 0 Å². The molecule has 0 aliphatic heterocycles. The molecule has 2 unspecified atom stereocenters. The average Bonchev–Trinajstić information content (AvgIpc) is 2.27. The van der Waals surface area contributed by atoms with Crippen molar-refractivity contribution in [3.63, 3.8) is 0 Å². The lowest BCUT2D eigenvalue weighted by Gasteiger charge is -2.35. The summed E-state index contributed by atoms with van der Waals surface area (Å²) in [6.45, 7) is 4.55. The van der Waals surface area contributed by atoms with Crippen LogP contribution < -0.4 is 0 Å². The predicted molar refractivity (Wildman–Crippen MR) is 75.2 cm³/mol. The predicted octanol–water partition coefficient (Wildman–Crippen LogP) is 5.07. The molecular weight excluding hydrogens is 208 g/mol. The van der Waals surface area contributed by atoms with Gasteiger partial charge in [0.05, 0.1) is 5.60 Å². The normalized spacial score (nSPS) is 29.5. The zero-order valence-electron chi connectivity index (χ0n) is 12.0. The summed E-state index contributed by atoms with van der Waals surface area (Å²) in [5.74, 6) is 0.735. The van der Waals surface area contributed by atoms with Gasteiger partial charge in [-0.05, 0) is 25.2 Å². The first-order valence-corrected chi connectivity index (χ1v) is 7.89. The smallest absolute Gasteiger partial charge is 0.0650 e. The van der Waals surface area contributed by atoms with Crippen LogP contribution in [0.5, 0.6) is 0 Å². The summed E-state index contributed by atoms with van der Waals surface area (Å²) in [6.07, 6.45) is 15.1. The van der Waals surface area contributed by atoms with Crippen molar-refractivity contribution in [3.8, 4) is 0 Å². The van der Waals surface area contributed by atoms with Crippen LogP contribution in [0.1, 0.15) is 90.9 Å². The van der Waals surface area contributed by atoms with E-state index < -0.39 is 0 Å². The molecule has 0 bridgehead atoms. The molecule has 17 heavy (non-hydrogen) atoms. The Morgan fingerprint density at radius 3 is 2.35 bits per heavy atom. The van der Waals surface area contributed by atoms with Crippen LogP contribution in [0.15, 0.2) is 0 Å². The molecule has 0 aromatic rings. The highest BCUT2D eigenvalue weighted by atomic mass is 16.3. The maximum Gasteiger partial charge on any atom is 0.0650 e. The Labute approximate surface area is 108 Å². The van der Waals surface area contributed by atoms with E-state index in [0.717, 1.165) is 25.2 Å². The van der Waals surface area contributed by atoms with Gasteiger partial charge in [0.15, 0.2) is 0 Å². The molecule has 0 radical (unpaired) electrons. The van der Waals surface area contributed by atoms with Crippen molar-refractivity contribution in [2.24, 2.45) is 5.92 Å². The highest BCUT2D eigenvalue weighted by Crippen LogP contribution is 2.35. The Morgan fingerprint density at radius 1 is 1.06 bits per heavy atom. The third-order valence-corrected chi connectivity index (χ3v) is 4.31. The van der Waals surface area contributed by atoms with Crippen LogP contribution in [0, 0.1) is 5.92 Å². The van der Waals surface area contributed by atoms with Crippen LogP contribution in [0.25, 0.3) is 0 Å². The Balaban J connectivity index is 2.01. The second kappa shape index (κ2) is 8.13. The first kappa shape index (κ1) is 15.0. The van der Waals surface area contributed by atoms with E-state index in [9.17, 15) is 5.11 Å². The molecule has 0 spiro atoms. The molecule has 0 heterocycles. The lowest BCUT2D eigenvalue weighted by atomic mass is 9.76. The number of unbranched alkanes of at least 4 members (excludes halogenated alkanes) is 6. The third-order valence-electron chi connectivity index (χ3n) is 4.31. The van der Waals surface area contributed by atoms with Crippen molar-refractivity contribution in [3.05, 3.63) is 0 Å². The van der Waals surface area contributed by atoms with E-state index >= 15 is 0 Å². The second-order valence-corrected chi connectivity index (χ2v) is 6.30. The Kier molecular flexibility index (Phi) is 7.18. The molecule has 102 valence electrons. The van der Waals surface area contributed by atoms with Gasteiger partial charge < -0.3 is 5.11 Å². The first-order valence-electron chi connectivity index (χ1n) is 7.89. The molecular formula is C16H32O.